The number of nitrogens with zero attached hydrogens (tertiary/aromatic N) is 1. The first-order chi connectivity index (χ1) is 17.2. The number of halogens is 1. The minimum Gasteiger partial charge on any atom is -0.367 e. The highest BCUT2D eigenvalue weighted by atomic mass is 127. The summed E-state index contributed by atoms with van der Waals surface area (Å²) in [6.07, 6.45) is 9.23. The Morgan fingerprint density at radius 1 is 1.17 bits per heavy atom. The van der Waals surface area contributed by atoms with Crippen molar-refractivity contribution in [3.8, 4) is 0 Å². The molecule has 5 amide bonds. The average molecular weight is 605 g/mol. The fraction of sp³-hybridized carbons (Fsp3) is 0.423. The van der Waals surface area contributed by atoms with E-state index in [4.69, 9.17) is 4.74 Å². The average Bonchev–Trinajstić information content (AvgIpc) is 2.98. The van der Waals surface area contributed by atoms with Gasteiger partial charge in [0, 0.05) is 58.9 Å². The Hall–Kier alpha value is -2.86. The molecule has 0 radical (unpaired) electrons. The maximum Gasteiger partial charge on any atom is 0.280 e. The van der Waals surface area contributed by atoms with Gasteiger partial charge in [0.25, 0.3) is 15.7 Å². The minimum atomic E-state index is -1.04. The second-order valence-electron chi connectivity index (χ2n) is 9.26. The summed E-state index contributed by atoms with van der Waals surface area (Å²) >= 11 is 1.71. The Kier molecular flexibility index (Phi) is 8.04. The summed E-state index contributed by atoms with van der Waals surface area (Å²) in [5.41, 5.74) is 1.03. The van der Waals surface area contributed by atoms with E-state index in [9.17, 15) is 24.0 Å². The molecule has 2 N–H and O–H groups in total. The van der Waals surface area contributed by atoms with Crippen LogP contribution in [0, 0.1) is 0 Å². The predicted molar refractivity (Wildman–Crippen MR) is 141 cm³/mol. The molecule has 2 unspecified atom stereocenters. The molecular weight excluding hydrogens is 577 g/mol. The van der Waals surface area contributed by atoms with Crippen LogP contribution in [-0.4, -0.2) is 57.2 Å². The van der Waals surface area contributed by atoms with Crippen LogP contribution in [0.3, 0.4) is 0 Å². The van der Waals surface area contributed by atoms with E-state index in [1.54, 1.807) is 40.8 Å². The molecule has 1 aromatic carbocycles. The number of hydrogen-bond acceptors (Lipinski definition) is 6. The number of imide groups is 2. The number of nitrogens with one attached hydrogen (secondary N) is 2. The first kappa shape index (κ1) is 26.2. The molecular formula is C26H28IN3O6. The van der Waals surface area contributed by atoms with E-state index in [0.29, 0.717) is 29.9 Å². The molecule has 3 aliphatic rings. The molecule has 0 saturated carbocycles. The van der Waals surface area contributed by atoms with Crippen molar-refractivity contribution < 1.29 is 28.7 Å². The zero-order chi connectivity index (χ0) is 25.9. The van der Waals surface area contributed by atoms with Crippen molar-refractivity contribution in [2.24, 2.45) is 0 Å². The number of carbonyl (C=O) groups is 5. The summed E-state index contributed by atoms with van der Waals surface area (Å²) in [5, 5.41) is 5.00. The minimum absolute atomic E-state index is 0.0590. The fourth-order valence-corrected chi connectivity index (χ4v) is 5.00. The summed E-state index contributed by atoms with van der Waals surface area (Å²) in [5.74, 6) is -2.16. The quantitative estimate of drug-likeness (QED) is 0.146. The molecule has 1 saturated heterocycles. The highest BCUT2D eigenvalue weighted by molar-refractivity contribution is 14.1. The highest BCUT2D eigenvalue weighted by Crippen LogP contribution is 2.38. The van der Waals surface area contributed by atoms with E-state index in [1.165, 1.54) is 0 Å². The maximum atomic E-state index is 13.7. The number of amides is 5. The van der Waals surface area contributed by atoms with E-state index in [2.05, 4.69) is 10.6 Å². The largest absolute Gasteiger partial charge is 0.367 e. The molecule has 1 aromatic rings. The van der Waals surface area contributed by atoms with Crippen LogP contribution < -0.4 is 10.6 Å². The number of benzene rings is 1. The van der Waals surface area contributed by atoms with Crippen LogP contribution in [0.15, 0.2) is 30.4 Å². The van der Waals surface area contributed by atoms with Crippen LogP contribution in [0.1, 0.15) is 66.9 Å². The van der Waals surface area contributed by atoms with Gasteiger partial charge in [-0.05, 0) is 50.0 Å². The number of carbonyl (C=O) groups excluding carboxylic acids is 5. The van der Waals surface area contributed by atoms with Gasteiger partial charge in [0.2, 0.25) is 11.8 Å². The van der Waals surface area contributed by atoms with Crippen molar-refractivity contribution in [3.63, 3.8) is 0 Å². The Labute approximate surface area is 222 Å². The summed E-state index contributed by atoms with van der Waals surface area (Å²) in [6.45, 7) is 2.98. The van der Waals surface area contributed by atoms with Gasteiger partial charge in [-0.25, -0.2) is 0 Å². The molecule has 4 rings (SSSR count). The lowest BCUT2D eigenvalue weighted by atomic mass is 9.87. The molecule has 2 aliphatic heterocycles. The molecule has 9 nitrogen and oxygen atoms in total. The van der Waals surface area contributed by atoms with Gasteiger partial charge < -0.3 is 10.1 Å². The highest BCUT2D eigenvalue weighted by Gasteiger charge is 2.45. The van der Waals surface area contributed by atoms with Gasteiger partial charge in [-0.1, -0.05) is 31.1 Å². The van der Waals surface area contributed by atoms with Gasteiger partial charge in [-0.15, -0.1) is 0 Å². The number of rotatable bonds is 9. The third-order valence-electron chi connectivity index (χ3n) is 6.56. The van der Waals surface area contributed by atoms with Crippen molar-refractivity contribution in [2.45, 2.75) is 57.1 Å². The Balaban J connectivity index is 1.52. The van der Waals surface area contributed by atoms with Crippen LogP contribution in [0.2, 0.25) is 0 Å². The topological polar surface area (TPSA) is 122 Å². The Bertz CT molecular complexity index is 1180. The first-order valence-electron chi connectivity index (χ1n) is 12.0. The summed E-state index contributed by atoms with van der Waals surface area (Å²) in [7, 11) is 0. The smallest absolute Gasteiger partial charge is 0.280 e. The first-order valence-corrected chi connectivity index (χ1v) is 13.1. The molecule has 190 valence electrons. The molecule has 0 bridgehead atoms. The van der Waals surface area contributed by atoms with Gasteiger partial charge in [0.05, 0.1) is 0 Å². The van der Waals surface area contributed by atoms with E-state index in [1.807, 2.05) is 25.1 Å². The second-order valence-corrected chi connectivity index (χ2v) is 10.2. The lowest BCUT2D eigenvalue weighted by molar-refractivity contribution is -0.141. The van der Waals surface area contributed by atoms with Crippen LogP contribution in [0.4, 0.5) is 4.79 Å². The number of ether oxygens (including phenoxy) is 1. The molecule has 1 fully saturated rings. The van der Waals surface area contributed by atoms with Crippen LogP contribution >= 0.6 is 22.6 Å². The third-order valence-corrected chi connectivity index (χ3v) is 6.94. The molecule has 36 heavy (non-hydrogen) atoms. The molecule has 2 heterocycles. The number of unbranched alkanes of at least 4 members (excludes halogenated alkanes) is 3. The van der Waals surface area contributed by atoms with Gasteiger partial charge >= 0.3 is 0 Å². The maximum absolute atomic E-state index is 13.7. The van der Waals surface area contributed by atoms with E-state index in [-0.39, 0.29) is 16.8 Å². The standard InChI is InChI=1S/C26H28IN3O6/c1-26(36-14-5-3-2-4-13-28-25(27)35)12-11-16-7-6-8-17-21(16)18(15-26)24(34)30(23(17)33)19-9-10-20(31)29-22(19)32/h6-8,11-12,15,19H,2-5,9-10,13-14H2,1H3,(H,28,35)(H,29,31,32). The van der Waals surface area contributed by atoms with Crippen molar-refractivity contribution in [1.82, 2.24) is 15.5 Å². The van der Waals surface area contributed by atoms with Crippen LogP contribution in [0.25, 0.3) is 11.6 Å². The molecule has 0 spiro atoms. The fourth-order valence-electron chi connectivity index (χ4n) is 4.73. The van der Waals surface area contributed by atoms with E-state index in [0.717, 1.165) is 36.1 Å². The summed E-state index contributed by atoms with van der Waals surface area (Å²) < 4.78 is 6.14. The Morgan fingerprint density at radius 3 is 2.69 bits per heavy atom. The lowest BCUT2D eigenvalue weighted by Crippen LogP contribution is -2.57. The molecule has 10 heteroatoms. The summed E-state index contributed by atoms with van der Waals surface area (Å²) in [6, 6.07) is 4.20. The normalized spacial score (nSPS) is 23.1. The van der Waals surface area contributed by atoms with E-state index >= 15 is 0 Å². The van der Waals surface area contributed by atoms with Gasteiger partial charge in [0.15, 0.2) is 0 Å². The van der Waals surface area contributed by atoms with Gasteiger partial charge in [0.1, 0.15) is 11.6 Å². The second kappa shape index (κ2) is 11.0. The summed E-state index contributed by atoms with van der Waals surface area (Å²) in [4.78, 5) is 63.1. The molecule has 1 aliphatic carbocycles. The predicted octanol–water partition coefficient (Wildman–Crippen LogP) is 3.36. The third kappa shape index (κ3) is 5.59. The van der Waals surface area contributed by atoms with Gasteiger partial charge in [-0.2, -0.15) is 0 Å². The zero-order valence-corrected chi connectivity index (χ0v) is 22.1. The number of hydrogen-bond donors (Lipinski definition) is 2. The van der Waals surface area contributed by atoms with Crippen molar-refractivity contribution in [2.75, 3.05) is 13.2 Å². The van der Waals surface area contributed by atoms with Crippen molar-refractivity contribution in [3.05, 3.63) is 47.0 Å². The van der Waals surface area contributed by atoms with Crippen LogP contribution in [-0.2, 0) is 19.1 Å². The SMILES string of the molecule is CC1(OCCCCCCNC(=O)I)C=Cc2cccc3c2C(=C1)C(=O)N(C1CCC(=O)NC1=O)C3=O. The van der Waals surface area contributed by atoms with Crippen molar-refractivity contribution in [1.29, 1.82) is 0 Å². The molecule has 0 aromatic heterocycles. The van der Waals surface area contributed by atoms with Crippen molar-refractivity contribution >= 4 is 61.8 Å². The zero-order valence-electron chi connectivity index (χ0n) is 20.0. The molecule has 2 atom stereocenters. The van der Waals surface area contributed by atoms with E-state index < -0.39 is 35.3 Å². The number of piperidine rings is 1. The lowest BCUT2D eigenvalue weighted by Gasteiger charge is -2.36. The van der Waals surface area contributed by atoms with Gasteiger partial charge in [-0.3, -0.25) is 34.2 Å². The monoisotopic (exact) mass is 605 g/mol. The Morgan fingerprint density at radius 2 is 1.94 bits per heavy atom. The van der Waals surface area contributed by atoms with Crippen LogP contribution in [0.5, 0.6) is 0 Å².